The van der Waals surface area contributed by atoms with Gasteiger partial charge in [-0.25, -0.2) is 0 Å². The van der Waals surface area contributed by atoms with Crippen LogP contribution in [0.15, 0.2) is 79.9 Å². The molecule has 33 heavy (non-hydrogen) atoms. The van der Waals surface area contributed by atoms with Crippen molar-refractivity contribution in [3.8, 4) is 5.88 Å². The number of hydrogen-bond acceptors (Lipinski definition) is 5. The SMILES string of the molecule is O=c1[nH]n(C(c2ccc(C3CCOCC3)cc2)c2ccsc2)c([O-])c1Sc1ccccc1Cl. The molecule has 0 spiro atoms. The van der Waals surface area contributed by atoms with Crippen molar-refractivity contribution >= 4 is 34.7 Å². The number of thiophene rings is 1. The van der Waals surface area contributed by atoms with Crippen LogP contribution in [-0.4, -0.2) is 23.0 Å². The zero-order valence-electron chi connectivity index (χ0n) is 17.7. The lowest BCUT2D eigenvalue weighted by Gasteiger charge is -2.25. The number of H-pyrrole nitrogens is 1. The Morgan fingerprint density at radius 1 is 1.09 bits per heavy atom. The van der Waals surface area contributed by atoms with E-state index in [0.717, 1.165) is 48.9 Å². The molecule has 5 rings (SSSR count). The van der Waals surface area contributed by atoms with E-state index in [1.54, 1.807) is 23.5 Å². The minimum absolute atomic E-state index is 0.113. The molecule has 0 bridgehead atoms. The molecule has 0 aliphatic carbocycles. The van der Waals surface area contributed by atoms with Crippen LogP contribution in [0.3, 0.4) is 0 Å². The third-order valence-corrected chi connectivity index (χ3v) is 8.24. The molecular formula is C25H22ClN2O3S2-. The van der Waals surface area contributed by atoms with Crippen molar-refractivity contribution < 1.29 is 9.84 Å². The summed E-state index contributed by atoms with van der Waals surface area (Å²) in [7, 11) is 0. The summed E-state index contributed by atoms with van der Waals surface area (Å²) in [5.74, 6) is 0.141. The van der Waals surface area contributed by atoms with E-state index in [-0.39, 0.29) is 10.8 Å². The third-order valence-electron chi connectivity index (χ3n) is 5.95. The Morgan fingerprint density at radius 3 is 2.55 bits per heavy atom. The Morgan fingerprint density at radius 2 is 1.85 bits per heavy atom. The number of nitrogens with one attached hydrogen (secondary N) is 1. The molecule has 170 valence electrons. The largest absolute Gasteiger partial charge is 0.858 e. The fourth-order valence-electron chi connectivity index (χ4n) is 4.23. The van der Waals surface area contributed by atoms with Crippen LogP contribution in [0, 0.1) is 0 Å². The number of nitrogens with zero attached hydrogens (tertiary/aromatic N) is 1. The van der Waals surface area contributed by atoms with Crippen molar-refractivity contribution in [3.63, 3.8) is 0 Å². The monoisotopic (exact) mass is 497 g/mol. The van der Waals surface area contributed by atoms with Crippen molar-refractivity contribution in [1.29, 1.82) is 0 Å². The molecule has 4 aromatic rings. The van der Waals surface area contributed by atoms with E-state index in [1.165, 1.54) is 10.2 Å². The summed E-state index contributed by atoms with van der Waals surface area (Å²) in [6.07, 6.45) is 2.04. The minimum Gasteiger partial charge on any atom is -0.858 e. The first kappa shape index (κ1) is 22.3. The molecule has 2 aromatic carbocycles. The summed E-state index contributed by atoms with van der Waals surface area (Å²) in [6, 6.07) is 17.2. The fourth-order valence-corrected chi connectivity index (χ4v) is 6.02. The molecule has 5 nitrogen and oxygen atoms in total. The Labute approximate surface area is 205 Å². The summed E-state index contributed by atoms with van der Waals surface area (Å²) < 4.78 is 6.92. The Balaban J connectivity index is 1.52. The number of aromatic nitrogens is 2. The van der Waals surface area contributed by atoms with E-state index in [2.05, 4.69) is 29.4 Å². The highest BCUT2D eigenvalue weighted by atomic mass is 35.5. The van der Waals surface area contributed by atoms with Gasteiger partial charge < -0.3 is 9.84 Å². The van der Waals surface area contributed by atoms with Gasteiger partial charge in [-0.15, -0.1) is 0 Å². The molecule has 1 aliphatic heterocycles. The van der Waals surface area contributed by atoms with E-state index < -0.39 is 11.6 Å². The molecule has 1 atom stereocenters. The first-order valence-corrected chi connectivity index (χ1v) is 12.9. The first-order chi connectivity index (χ1) is 16.1. The molecule has 3 heterocycles. The molecule has 8 heteroatoms. The van der Waals surface area contributed by atoms with Crippen LogP contribution in [-0.2, 0) is 4.74 Å². The van der Waals surface area contributed by atoms with Gasteiger partial charge >= 0.3 is 0 Å². The van der Waals surface area contributed by atoms with Crippen molar-refractivity contribution in [2.75, 3.05) is 13.2 Å². The Kier molecular flexibility index (Phi) is 6.64. The number of hydrogen-bond donors (Lipinski definition) is 1. The van der Waals surface area contributed by atoms with Gasteiger partial charge in [-0.05, 0) is 64.4 Å². The quantitative estimate of drug-likeness (QED) is 0.374. The minimum atomic E-state index is -0.416. The van der Waals surface area contributed by atoms with E-state index in [9.17, 15) is 9.90 Å². The summed E-state index contributed by atoms with van der Waals surface area (Å²) in [6.45, 7) is 1.58. The average Bonchev–Trinajstić information content (AvgIpc) is 3.46. The van der Waals surface area contributed by atoms with Gasteiger partial charge in [0.05, 0.1) is 16.0 Å². The van der Waals surface area contributed by atoms with Gasteiger partial charge in [0.1, 0.15) is 0 Å². The van der Waals surface area contributed by atoms with E-state index in [1.807, 2.05) is 29.0 Å². The lowest BCUT2D eigenvalue weighted by Crippen LogP contribution is -2.18. The molecule has 0 radical (unpaired) electrons. The molecule has 1 fully saturated rings. The summed E-state index contributed by atoms with van der Waals surface area (Å²) in [5, 5.41) is 20.7. The van der Waals surface area contributed by atoms with Gasteiger partial charge in [0.25, 0.3) is 5.56 Å². The maximum absolute atomic E-state index is 13.4. The Bertz CT molecular complexity index is 1280. The lowest BCUT2D eigenvalue weighted by molar-refractivity contribution is -0.284. The van der Waals surface area contributed by atoms with Gasteiger partial charge in [-0.2, -0.15) is 11.3 Å². The number of benzene rings is 2. The van der Waals surface area contributed by atoms with E-state index in [4.69, 9.17) is 16.3 Å². The van der Waals surface area contributed by atoms with Crippen molar-refractivity contribution in [1.82, 2.24) is 9.78 Å². The predicted octanol–water partition coefficient (Wildman–Crippen LogP) is 5.65. The smallest absolute Gasteiger partial charge is 0.277 e. The fraction of sp³-hybridized carbons (Fsp3) is 0.240. The van der Waals surface area contributed by atoms with Crippen LogP contribution in [0.25, 0.3) is 0 Å². The maximum Gasteiger partial charge on any atom is 0.277 e. The number of rotatable bonds is 6. The molecule has 1 N–H and O–H groups in total. The van der Waals surface area contributed by atoms with Crippen molar-refractivity contribution in [3.05, 3.63) is 97.4 Å². The van der Waals surface area contributed by atoms with E-state index in [0.29, 0.717) is 15.8 Å². The molecule has 1 unspecified atom stereocenters. The second-order valence-corrected chi connectivity index (χ2v) is 10.2. The zero-order valence-corrected chi connectivity index (χ0v) is 20.1. The molecule has 1 aliphatic rings. The second kappa shape index (κ2) is 9.81. The maximum atomic E-state index is 13.4. The number of halogens is 1. The van der Waals surface area contributed by atoms with Crippen LogP contribution < -0.4 is 10.7 Å². The normalized spacial score (nSPS) is 15.5. The lowest BCUT2D eigenvalue weighted by atomic mass is 9.90. The summed E-state index contributed by atoms with van der Waals surface area (Å²) in [4.78, 5) is 13.6. The molecule has 1 saturated heterocycles. The van der Waals surface area contributed by atoms with Crippen LogP contribution in [0.4, 0.5) is 0 Å². The summed E-state index contributed by atoms with van der Waals surface area (Å²) >= 11 is 8.92. The van der Waals surface area contributed by atoms with Crippen LogP contribution >= 0.6 is 34.7 Å². The highest BCUT2D eigenvalue weighted by Crippen LogP contribution is 2.38. The molecule has 2 aromatic heterocycles. The standard InChI is InChI=1S/C25H23ClN2O3S2/c26-20-3-1-2-4-21(20)33-23-24(29)27-28(25(23)30)22(19-11-14-32-15-19)18-7-5-16(6-8-18)17-9-12-31-13-10-17/h1-8,11,14-15,17,22,30H,9-10,12-13H2,(H,27,29)/p-1. The van der Waals surface area contributed by atoms with Crippen LogP contribution in [0.1, 0.15) is 41.5 Å². The van der Waals surface area contributed by atoms with Crippen molar-refractivity contribution in [2.24, 2.45) is 0 Å². The number of ether oxygens (including phenoxy) is 1. The van der Waals surface area contributed by atoms with Gasteiger partial charge in [0.15, 0.2) is 0 Å². The number of aromatic amines is 1. The highest BCUT2D eigenvalue weighted by Gasteiger charge is 2.22. The Hall–Kier alpha value is -2.45. The van der Waals surface area contributed by atoms with E-state index >= 15 is 0 Å². The molecule has 0 saturated carbocycles. The predicted molar refractivity (Wildman–Crippen MR) is 131 cm³/mol. The van der Waals surface area contributed by atoms with Gasteiger partial charge in [0, 0.05) is 24.0 Å². The van der Waals surface area contributed by atoms with Crippen molar-refractivity contribution in [2.45, 2.75) is 34.6 Å². The van der Waals surface area contributed by atoms with Crippen LogP contribution in [0.5, 0.6) is 5.88 Å². The van der Waals surface area contributed by atoms with Crippen LogP contribution in [0.2, 0.25) is 5.02 Å². The average molecular weight is 498 g/mol. The molecular weight excluding hydrogens is 476 g/mol. The second-order valence-electron chi connectivity index (χ2n) is 7.99. The van der Waals surface area contributed by atoms with Gasteiger partial charge in [-0.3, -0.25) is 14.6 Å². The third kappa shape index (κ3) is 4.64. The molecule has 0 amide bonds. The van der Waals surface area contributed by atoms with Gasteiger partial charge in [-0.1, -0.05) is 59.8 Å². The first-order valence-electron chi connectivity index (χ1n) is 10.8. The summed E-state index contributed by atoms with van der Waals surface area (Å²) in [5.41, 5.74) is 2.77. The topological polar surface area (TPSA) is 70.1 Å². The highest BCUT2D eigenvalue weighted by molar-refractivity contribution is 7.99. The van der Waals surface area contributed by atoms with Gasteiger partial charge in [0.2, 0.25) is 0 Å². The zero-order chi connectivity index (χ0) is 22.8.